The Bertz CT molecular complexity index is 1650. The van der Waals surface area contributed by atoms with Gasteiger partial charge in [0.15, 0.2) is 0 Å². The number of carbonyl (C=O) groups is 2. The van der Waals surface area contributed by atoms with Crippen LogP contribution in [0.15, 0.2) is 54.6 Å². The van der Waals surface area contributed by atoms with Crippen LogP contribution in [0.4, 0.5) is 30.7 Å². The third-order valence-corrected chi connectivity index (χ3v) is 9.57. The second-order valence-electron chi connectivity index (χ2n) is 12.8. The molecule has 0 saturated carbocycles. The molecule has 2 heterocycles. The molecule has 2 N–H and O–H groups in total. The van der Waals surface area contributed by atoms with Gasteiger partial charge in [-0.25, -0.2) is 9.18 Å². The molecule has 7 nitrogen and oxygen atoms in total. The number of alkyl halides is 7. The molecule has 1 amide bonds. The van der Waals surface area contributed by atoms with E-state index in [1.807, 2.05) is 29.2 Å². The van der Waals surface area contributed by atoms with Crippen molar-refractivity contribution >= 4 is 22.6 Å². The summed E-state index contributed by atoms with van der Waals surface area (Å²) in [4.78, 5) is 28.5. The van der Waals surface area contributed by atoms with Gasteiger partial charge in [-0.15, -0.1) is 0 Å². The molecule has 0 radical (unpaired) electrons. The highest BCUT2D eigenvalue weighted by atomic mass is 19.4. The minimum Gasteiger partial charge on any atom is -0.496 e. The molecule has 0 bridgehead atoms. The lowest BCUT2D eigenvalue weighted by atomic mass is 9.76. The smallest absolute Gasteiger partial charge is 0.403 e. The number of rotatable bonds is 10. The van der Waals surface area contributed by atoms with Crippen LogP contribution in [0.3, 0.4) is 0 Å². The third kappa shape index (κ3) is 8.12. The molecule has 2 fully saturated rings. The van der Waals surface area contributed by atoms with Gasteiger partial charge < -0.3 is 15.2 Å². The maximum Gasteiger partial charge on any atom is 0.403 e. The molecule has 3 aromatic carbocycles. The molecule has 2 aliphatic heterocycles. The Morgan fingerprint density at radius 2 is 1.59 bits per heavy atom. The Kier molecular flexibility index (Phi) is 10.8. The predicted octanol–water partition coefficient (Wildman–Crippen LogP) is 6.77. The van der Waals surface area contributed by atoms with Gasteiger partial charge in [0.05, 0.1) is 13.7 Å². The fourth-order valence-corrected chi connectivity index (χ4v) is 7.04. The molecule has 3 aromatic rings. The number of carbonyl (C=O) groups excluding carboxylic acids is 1. The van der Waals surface area contributed by atoms with E-state index in [4.69, 9.17) is 4.74 Å². The summed E-state index contributed by atoms with van der Waals surface area (Å²) < 4.78 is 102. The Labute approximate surface area is 279 Å². The van der Waals surface area contributed by atoms with E-state index < -0.39 is 74.3 Å². The fraction of sp³-hybridized carbons (Fsp3) is 0.486. The van der Waals surface area contributed by atoms with Crippen molar-refractivity contribution in [2.24, 2.45) is 5.41 Å². The van der Waals surface area contributed by atoms with Crippen LogP contribution >= 0.6 is 0 Å². The van der Waals surface area contributed by atoms with Crippen molar-refractivity contribution in [3.8, 4) is 16.9 Å². The summed E-state index contributed by atoms with van der Waals surface area (Å²) in [6, 6.07) is 14.3. The van der Waals surface area contributed by atoms with E-state index in [9.17, 15) is 45.4 Å². The summed E-state index contributed by atoms with van der Waals surface area (Å²) in [5.41, 5.74) is -0.188. The molecule has 0 aromatic heterocycles. The zero-order valence-electron chi connectivity index (χ0n) is 26.8. The van der Waals surface area contributed by atoms with Crippen molar-refractivity contribution in [1.29, 1.82) is 0 Å². The quantitative estimate of drug-likeness (QED) is 0.228. The lowest BCUT2D eigenvalue weighted by Gasteiger charge is -2.42. The number of methoxy groups -OCH3 is 1. The SMILES string of the molecule is COc1cccc(CN2CCCC(F)C2)c1-c1cccc2c(C[C@H](NC(=O)C3(C(F)(F)F)CCN(CC(F)(F)F)CC3)C(=O)O)cccc12. The van der Waals surface area contributed by atoms with Crippen LogP contribution in [-0.4, -0.2) is 91.2 Å². The van der Waals surface area contributed by atoms with Gasteiger partial charge in [-0.2, -0.15) is 26.3 Å². The lowest BCUT2D eigenvalue weighted by Crippen LogP contribution is -2.59. The average molecular weight is 698 g/mol. The van der Waals surface area contributed by atoms with Gasteiger partial charge in [0.25, 0.3) is 0 Å². The number of fused-ring (bicyclic) bond motifs is 1. The number of benzene rings is 3. The Morgan fingerprint density at radius 3 is 2.22 bits per heavy atom. The van der Waals surface area contributed by atoms with Gasteiger partial charge in [0.1, 0.15) is 23.4 Å². The molecule has 0 spiro atoms. The first kappa shape index (κ1) is 36.4. The number of hydrogen-bond donors (Lipinski definition) is 2. The molecule has 2 saturated heterocycles. The van der Waals surface area contributed by atoms with Crippen molar-refractivity contribution in [2.45, 2.75) is 63.2 Å². The highest BCUT2D eigenvalue weighted by Crippen LogP contribution is 2.47. The Balaban J connectivity index is 1.44. The van der Waals surface area contributed by atoms with Gasteiger partial charge in [0.2, 0.25) is 5.91 Å². The van der Waals surface area contributed by atoms with E-state index in [0.717, 1.165) is 34.6 Å². The van der Waals surface area contributed by atoms with E-state index in [1.165, 1.54) is 7.11 Å². The molecule has 14 heteroatoms. The molecule has 5 rings (SSSR count). The summed E-state index contributed by atoms with van der Waals surface area (Å²) in [7, 11) is 1.53. The van der Waals surface area contributed by atoms with E-state index in [-0.39, 0.29) is 6.42 Å². The monoisotopic (exact) mass is 697 g/mol. The number of amides is 1. The molecular weight excluding hydrogens is 659 g/mol. The third-order valence-electron chi connectivity index (χ3n) is 9.57. The molecule has 1 unspecified atom stereocenters. The first-order chi connectivity index (χ1) is 23.1. The summed E-state index contributed by atoms with van der Waals surface area (Å²) in [6.07, 6.45) is -11.6. The highest BCUT2D eigenvalue weighted by molar-refractivity contribution is 6.00. The molecule has 266 valence electrons. The Hall–Kier alpha value is -3.91. The van der Waals surface area contributed by atoms with Crippen molar-refractivity contribution in [3.63, 3.8) is 0 Å². The number of carboxylic acid groups (broad SMARTS) is 1. The van der Waals surface area contributed by atoms with Gasteiger partial charge in [0, 0.05) is 25.1 Å². The average Bonchev–Trinajstić information content (AvgIpc) is 3.03. The maximum atomic E-state index is 14.4. The zero-order chi connectivity index (χ0) is 35.6. The van der Waals surface area contributed by atoms with Crippen LogP contribution in [0.2, 0.25) is 0 Å². The number of halogens is 7. The summed E-state index contributed by atoms with van der Waals surface area (Å²) >= 11 is 0. The normalized spacial score (nSPS) is 19.8. The van der Waals surface area contributed by atoms with Crippen LogP contribution in [0.5, 0.6) is 5.75 Å². The van der Waals surface area contributed by atoms with E-state index >= 15 is 0 Å². The van der Waals surface area contributed by atoms with Crippen molar-refractivity contribution < 1.29 is 50.2 Å². The number of likely N-dealkylation sites (tertiary alicyclic amines) is 2. The Morgan fingerprint density at radius 1 is 0.939 bits per heavy atom. The van der Waals surface area contributed by atoms with E-state index in [0.29, 0.717) is 41.6 Å². The van der Waals surface area contributed by atoms with Gasteiger partial charge in [-0.3, -0.25) is 14.6 Å². The van der Waals surface area contributed by atoms with Crippen molar-refractivity contribution in [2.75, 3.05) is 39.8 Å². The largest absolute Gasteiger partial charge is 0.496 e. The number of carboxylic acids is 1. The lowest BCUT2D eigenvalue weighted by molar-refractivity contribution is -0.236. The van der Waals surface area contributed by atoms with Crippen molar-refractivity contribution in [1.82, 2.24) is 15.1 Å². The molecule has 0 aliphatic carbocycles. The molecule has 2 atom stereocenters. The number of nitrogens with zero attached hydrogens (tertiary/aromatic N) is 2. The highest BCUT2D eigenvalue weighted by Gasteiger charge is 2.61. The van der Waals surface area contributed by atoms with Gasteiger partial charge >= 0.3 is 18.3 Å². The van der Waals surface area contributed by atoms with Crippen LogP contribution in [0.25, 0.3) is 21.9 Å². The van der Waals surface area contributed by atoms with Crippen molar-refractivity contribution in [3.05, 3.63) is 65.7 Å². The second-order valence-corrected chi connectivity index (χ2v) is 12.8. The minimum atomic E-state index is -5.12. The topological polar surface area (TPSA) is 82.1 Å². The number of nitrogens with one attached hydrogen (secondary N) is 1. The van der Waals surface area contributed by atoms with Gasteiger partial charge in [-0.05, 0) is 78.8 Å². The number of hydrogen-bond acceptors (Lipinski definition) is 5. The maximum absolute atomic E-state index is 14.4. The van der Waals surface area contributed by atoms with E-state index in [1.54, 1.807) is 30.3 Å². The minimum absolute atomic E-state index is 0.306. The fourth-order valence-electron chi connectivity index (χ4n) is 7.04. The molecule has 49 heavy (non-hydrogen) atoms. The predicted molar refractivity (Wildman–Crippen MR) is 169 cm³/mol. The molecular formula is C35H38F7N3O4. The van der Waals surface area contributed by atoms with E-state index in [2.05, 4.69) is 5.32 Å². The van der Waals surface area contributed by atoms with Crippen LogP contribution in [0.1, 0.15) is 36.8 Å². The second kappa shape index (κ2) is 14.5. The van der Waals surface area contributed by atoms with Crippen LogP contribution in [0, 0.1) is 5.41 Å². The van der Waals surface area contributed by atoms with Crippen LogP contribution in [-0.2, 0) is 22.6 Å². The molecule has 2 aliphatic rings. The summed E-state index contributed by atoms with van der Waals surface area (Å²) in [5.74, 6) is -2.57. The number of aliphatic carboxylic acids is 1. The van der Waals surface area contributed by atoms with Crippen LogP contribution < -0.4 is 10.1 Å². The number of ether oxygens (including phenoxy) is 1. The first-order valence-corrected chi connectivity index (χ1v) is 16.0. The first-order valence-electron chi connectivity index (χ1n) is 16.0. The van der Waals surface area contributed by atoms with Gasteiger partial charge in [-0.1, -0.05) is 48.5 Å². The standard InChI is InChI=1S/C35H38F7N3O4/c1-49-29-12-3-7-23(19-45-15-5-8-24(36)20-45)30(29)27-11-4-9-25-22(6-2-10-26(25)27)18-28(31(46)47)43-32(48)33(35(40,41)42)13-16-44(17-14-33)21-34(37,38)39/h2-4,6-7,9-12,24,28H,5,8,13-21H2,1H3,(H,43,48)(H,46,47)/t24?,28-/m0/s1. The number of piperidine rings is 2. The summed E-state index contributed by atoms with van der Waals surface area (Å²) in [6.45, 7) is -1.16. The zero-order valence-corrected chi connectivity index (χ0v) is 26.8. The summed E-state index contributed by atoms with van der Waals surface area (Å²) in [5, 5.41) is 13.4.